The van der Waals surface area contributed by atoms with E-state index in [0.29, 0.717) is 36.2 Å². The summed E-state index contributed by atoms with van der Waals surface area (Å²) in [5.41, 5.74) is -2.43. The Labute approximate surface area is 260 Å². The van der Waals surface area contributed by atoms with Gasteiger partial charge in [-0.15, -0.1) is 0 Å². The van der Waals surface area contributed by atoms with E-state index in [0.717, 1.165) is 56.2 Å². The minimum Gasteiger partial charge on any atom is -0.429 e. The third kappa shape index (κ3) is 7.11. The Morgan fingerprint density at radius 2 is 1.22 bits per heavy atom. The lowest BCUT2D eigenvalue weighted by molar-refractivity contribution is -0.189. The molecule has 1 aliphatic carbocycles. The van der Waals surface area contributed by atoms with Crippen LogP contribution in [0.3, 0.4) is 0 Å². The van der Waals surface area contributed by atoms with E-state index in [1.807, 2.05) is 0 Å². The van der Waals surface area contributed by atoms with Crippen LogP contribution in [-0.2, 0) is 6.11 Å². The quantitative estimate of drug-likeness (QED) is 0.0997. The van der Waals surface area contributed by atoms with Crippen molar-refractivity contribution < 1.29 is 44.3 Å². The lowest BCUT2D eigenvalue weighted by Crippen LogP contribution is -2.25. The van der Waals surface area contributed by atoms with Crippen LogP contribution in [0.5, 0.6) is 5.75 Å². The van der Waals surface area contributed by atoms with Crippen molar-refractivity contribution >= 4 is 0 Å². The van der Waals surface area contributed by atoms with Crippen LogP contribution in [-0.4, -0.2) is 0 Å². The zero-order valence-electron chi connectivity index (χ0n) is 24.6. The molecule has 1 aliphatic rings. The molecular weight excluding hydrogens is 619 g/mol. The fourth-order valence-corrected chi connectivity index (χ4v) is 5.83. The number of halogens is 9. The first-order valence-electron chi connectivity index (χ1n) is 14.8. The summed E-state index contributed by atoms with van der Waals surface area (Å²) >= 11 is 0. The normalized spacial score (nSPS) is 17.1. The van der Waals surface area contributed by atoms with Crippen molar-refractivity contribution in [3.63, 3.8) is 0 Å². The predicted molar refractivity (Wildman–Crippen MR) is 157 cm³/mol. The molecule has 4 aromatic rings. The van der Waals surface area contributed by atoms with Gasteiger partial charge in [0.15, 0.2) is 17.5 Å². The zero-order valence-corrected chi connectivity index (χ0v) is 24.6. The predicted octanol–water partition coefficient (Wildman–Crippen LogP) is 11.8. The third-order valence-corrected chi connectivity index (χ3v) is 8.23. The van der Waals surface area contributed by atoms with Crippen LogP contribution in [0, 0.1) is 46.6 Å². The van der Waals surface area contributed by atoms with Crippen LogP contribution in [0.15, 0.2) is 72.8 Å². The minimum absolute atomic E-state index is 0.128. The van der Waals surface area contributed by atoms with Gasteiger partial charge in [-0.25, -0.2) is 30.7 Å². The first-order chi connectivity index (χ1) is 21.9. The van der Waals surface area contributed by atoms with E-state index < -0.39 is 69.3 Å². The van der Waals surface area contributed by atoms with Crippen LogP contribution < -0.4 is 4.74 Å². The van der Waals surface area contributed by atoms with E-state index in [2.05, 4.69) is 23.8 Å². The summed E-state index contributed by atoms with van der Waals surface area (Å²) in [5.74, 6) is -10.7. The van der Waals surface area contributed by atoms with Gasteiger partial charge in [0.2, 0.25) is 0 Å². The van der Waals surface area contributed by atoms with E-state index in [1.165, 1.54) is 12.1 Å². The van der Waals surface area contributed by atoms with Crippen molar-refractivity contribution in [3.8, 4) is 28.0 Å². The summed E-state index contributed by atoms with van der Waals surface area (Å²) in [4.78, 5) is 0. The third-order valence-electron chi connectivity index (χ3n) is 8.23. The second-order valence-electron chi connectivity index (χ2n) is 11.4. The SMILES string of the molecule is CCCC=CC1CCC(c2ccc(-c3cc(F)c(C(F)(F)Oc4ccc(-c5cc(F)c(F)c(F)c5)c(F)c4)c(F)c3)c(F)c2)CC1. The van der Waals surface area contributed by atoms with E-state index in [1.54, 1.807) is 6.07 Å². The lowest BCUT2D eigenvalue weighted by atomic mass is 9.78. The summed E-state index contributed by atoms with van der Waals surface area (Å²) < 4.78 is 135. The van der Waals surface area contributed by atoms with Gasteiger partial charge in [0.1, 0.15) is 34.6 Å². The summed E-state index contributed by atoms with van der Waals surface area (Å²) in [7, 11) is 0. The average Bonchev–Trinajstić information content (AvgIpc) is 2.99. The van der Waals surface area contributed by atoms with Crippen molar-refractivity contribution in [1.82, 2.24) is 0 Å². The number of alkyl halides is 2. The molecule has 0 amide bonds. The van der Waals surface area contributed by atoms with Crippen molar-refractivity contribution in [2.75, 3.05) is 0 Å². The maximum atomic E-state index is 15.2. The number of hydrogen-bond donors (Lipinski definition) is 0. The molecule has 10 heteroatoms. The monoisotopic (exact) mass is 648 g/mol. The Morgan fingerprint density at radius 1 is 0.674 bits per heavy atom. The van der Waals surface area contributed by atoms with Crippen molar-refractivity contribution in [2.45, 2.75) is 57.5 Å². The van der Waals surface area contributed by atoms with Gasteiger partial charge in [-0.1, -0.05) is 37.6 Å². The average molecular weight is 649 g/mol. The number of hydrogen-bond acceptors (Lipinski definition) is 1. The number of allylic oxidation sites excluding steroid dienone is 2. The summed E-state index contributed by atoms with van der Waals surface area (Å²) in [6, 6.07) is 8.49. The maximum Gasteiger partial charge on any atom is 0.432 e. The Balaban J connectivity index is 1.32. The molecule has 242 valence electrons. The number of unbranched alkanes of at least 4 members (excludes halogenated alkanes) is 1. The second-order valence-corrected chi connectivity index (χ2v) is 11.4. The van der Waals surface area contributed by atoms with Gasteiger partial charge in [0.05, 0.1) is 0 Å². The maximum absolute atomic E-state index is 15.2. The highest BCUT2D eigenvalue weighted by Gasteiger charge is 2.41. The molecule has 4 aromatic carbocycles. The van der Waals surface area contributed by atoms with E-state index in [-0.39, 0.29) is 17.0 Å². The van der Waals surface area contributed by atoms with Gasteiger partial charge in [-0.3, -0.25) is 0 Å². The molecule has 0 N–H and O–H groups in total. The van der Waals surface area contributed by atoms with Crippen LogP contribution >= 0.6 is 0 Å². The van der Waals surface area contributed by atoms with Crippen molar-refractivity contribution in [1.29, 1.82) is 0 Å². The van der Waals surface area contributed by atoms with E-state index in [4.69, 9.17) is 0 Å². The van der Waals surface area contributed by atoms with E-state index in [9.17, 15) is 17.6 Å². The highest BCUT2D eigenvalue weighted by molar-refractivity contribution is 5.66. The van der Waals surface area contributed by atoms with Gasteiger partial charge in [0.25, 0.3) is 0 Å². The molecule has 0 bridgehead atoms. The standard InChI is InChI=1S/C36H29F9O/c1-2-3-4-5-20-6-8-21(9-7-20)22-10-12-26(28(37)14-22)23-15-30(39)34(31(40)16-23)36(44,45)46-25-11-13-27(29(38)19-25)24-17-32(41)35(43)33(42)18-24/h4-5,10-21H,2-3,6-9H2,1H3. The van der Waals surface area contributed by atoms with E-state index >= 15 is 22.0 Å². The molecule has 0 atom stereocenters. The Morgan fingerprint density at radius 3 is 1.76 bits per heavy atom. The molecule has 1 saturated carbocycles. The molecule has 1 fully saturated rings. The Kier molecular flexibility index (Phi) is 9.84. The van der Waals surface area contributed by atoms with Crippen molar-refractivity contribution in [3.05, 3.63) is 125 Å². The molecule has 1 nitrogen and oxygen atoms in total. The van der Waals surface area contributed by atoms with Crippen molar-refractivity contribution in [2.24, 2.45) is 5.92 Å². The van der Waals surface area contributed by atoms with Crippen LogP contribution in [0.2, 0.25) is 0 Å². The molecule has 0 radical (unpaired) electrons. The lowest BCUT2D eigenvalue weighted by Gasteiger charge is -2.27. The summed E-state index contributed by atoms with van der Waals surface area (Å²) in [6.07, 6.45) is 5.54. The second kappa shape index (κ2) is 13.6. The highest BCUT2D eigenvalue weighted by atomic mass is 19.3. The number of benzene rings is 4. The Bertz CT molecular complexity index is 1710. The van der Waals surface area contributed by atoms with Crippen LogP contribution in [0.4, 0.5) is 39.5 Å². The molecule has 46 heavy (non-hydrogen) atoms. The number of ether oxygens (including phenoxy) is 1. The number of rotatable bonds is 9. The molecular formula is C36H29F9O. The molecule has 5 rings (SSSR count). The molecule has 0 aliphatic heterocycles. The molecule has 0 saturated heterocycles. The first-order valence-corrected chi connectivity index (χ1v) is 14.8. The summed E-state index contributed by atoms with van der Waals surface area (Å²) in [6.45, 7) is 2.11. The topological polar surface area (TPSA) is 9.23 Å². The van der Waals surface area contributed by atoms with Gasteiger partial charge >= 0.3 is 6.11 Å². The molecule has 0 heterocycles. The largest absolute Gasteiger partial charge is 0.432 e. The van der Waals surface area contributed by atoms with Crippen LogP contribution in [0.1, 0.15) is 62.5 Å². The smallest absolute Gasteiger partial charge is 0.429 e. The minimum atomic E-state index is -4.65. The molecule has 0 unspecified atom stereocenters. The zero-order chi connectivity index (χ0) is 33.2. The van der Waals surface area contributed by atoms with Crippen LogP contribution in [0.25, 0.3) is 22.3 Å². The van der Waals surface area contributed by atoms with Gasteiger partial charge in [-0.2, -0.15) is 8.78 Å². The molecule has 0 aromatic heterocycles. The van der Waals surface area contributed by atoms with Gasteiger partial charge < -0.3 is 4.74 Å². The fraction of sp³-hybridized carbons (Fsp3) is 0.278. The van der Waals surface area contributed by atoms with Gasteiger partial charge in [0, 0.05) is 17.2 Å². The molecule has 0 spiro atoms. The summed E-state index contributed by atoms with van der Waals surface area (Å²) in [5, 5.41) is 0. The highest BCUT2D eigenvalue weighted by Crippen LogP contribution is 2.40. The first kappa shape index (κ1) is 33.2. The fourth-order valence-electron chi connectivity index (χ4n) is 5.83. The van der Waals surface area contributed by atoms with Gasteiger partial charge in [-0.05, 0) is 103 Å². The Hall–Kier alpha value is -4.21.